The van der Waals surface area contributed by atoms with Gasteiger partial charge in [0.2, 0.25) is 0 Å². The first-order chi connectivity index (χ1) is 9.15. The highest BCUT2D eigenvalue weighted by molar-refractivity contribution is 5.89. The van der Waals surface area contributed by atoms with Gasteiger partial charge in [0.15, 0.2) is 12.2 Å². The SMILES string of the molecule is COC(=O)C1OC1C(=O)OCc1ccc(OC)cc1. The molecule has 2 rings (SSSR count). The van der Waals surface area contributed by atoms with Crippen LogP contribution in [0.1, 0.15) is 5.56 Å². The fourth-order valence-corrected chi connectivity index (χ4v) is 1.55. The Kier molecular flexibility index (Phi) is 4.01. The molecule has 0 N–H and O–H groups in total. The van der Waals surface area contributed by atoms with Crippen LogP contribution in [-0.2, 0) is 30.4 Å². The summed E-state index contributed by atoms with van der Waals surface area (Å²) >= 11 is 0. The second kappa shape index (κ2) is 5.71. The number of methoxy groups -OCH3 is 2. The molecule has 2 atom stereocenters. The summed E-state index contributed by atoms with van der Waals surface area (Å²) in [6, 6.07) is 7.12. The Bertz CT molecular complexity index is 467. The number of esters is 2. The van der Waals surface area contributed by atoms with Crippen LogP contribution >= 0.6 is 0 Å². The summed E-state index contributed by atoms with van der Waals surface area (Å²) in [7, 11) is 2.82. The number of carbonyl (C=O) groups excluding carboxylic acids is 2. The van der Waals surface area contributed by atoms with Crippen LogP contribution in [0.4, 0.5) is 0 Å². The molecule has 1 aliphatic heterocycles. The van der Waals surface area contributed by atoms with E-state index in [9.17, 15) is 9.59 Å². The molecule has 1 heterocycles. The van der Waals surface area contributed by atoms with E-state index in [-0.39, 0.29) is 6.61 Å². The summed E-state index contributed by atoms with van der Waals surface area (Å²) in [5.41, 5.74) is 0.824. The highest BCUT2D eigenvalue weighted by Gasteiger charge is 2.52. The molecule has 1 aromatic rings. The Hall–Kier alpha value is -2.08. The van der Waals surface area contributed by atoms with Gasteiger partial charge in [0.1, 0.15) is 12.4 Å². The number of rotatable bonds is 5. The van der Waals surface area contributed by atoms with E-state index < -0.39 is 24.1 Å². The van der Waals surface area contributed by atoms with Crippen LogP contribution in [0, 0.1) is 0 Å². The van der Waals surface area contributed by atoms with Crippen molar-refractivity contribution in [1.82, 2.24) is 0 Å². The summed E-state index contributed by atoms with van der Waals surface area (Å²) < 4.78 is 19.4. The van der Waals surface area contributed by atoms with Crippen molar-refractivity contribution >= 4 is 11.9 Å². The summed E-state index contributed by atoms with van der Waals surface area (Å²) in [6.45, 7) is 0.122. The third-order valence-corrected chi connectivity index (χ3v) is 2.70. The van der Waals surface area contributed by atoms with Gasteiger partial charge in [-0.05, 0) is 17.7 Å². The van der Waals surface area contributed by atoms with E-state index in [1.54, 1.807) is 31.4 Å². The molecule has 0 amide bonds. The minimum atomic E-state index is -0.842. The highest BCUT2D eigenvalue weighted by atomic mass is 16.7. The fourth-order valence-electron chi connectivity index (χ4n) is 1.55. The summed E-state index contributed by atoms with van der Waals surface area (Å²) in [4.78, 5) is 22.6. The fraction of sp³-hybridized carbons (Fsp3) is 0.385. The van der Waals surface area contributed by atoms with E-state index in [0.29, 0.717) is 0 Å². The van der Waals surface area contributed by atoms with E-state index in [1.165, 1.54) is 7.11 Å². The monoisotopic (exact) mass is 266 g/mol. The second-order valence-corrected chi connectivity index (χ2v) is 3.96. The molecule has 1 fully saturated rings. The smallest absolute Gasteiger partial charge is 0.339 e. The summed E-state index contributed by atoms with van der Waals surface area (Å²) in [5.74, 6) is -0.399. The van der Waals surface area contributed by atoms with E-state index in [4.69, 9.17) is 14.2 Å². The molecule has 6 heteroatoms. The predicted octanol–water partition coefficient (Wildman–Crippen LogP) is 0.679. The Morgan fingerprint density at radius 1 is 1.11 bits per heavy atom. The molecule has 0 saturated carbocycles. The number of epoxide rings is 1. The van der Waals surface area contributed by atoms with E-state index >= 15 is 0 Å². The lowest BCUT2D eigenvalue weighted by Crippen LogP contribution is -2.19. The normalized spacial score (nSPS) is 20.5. The van der Waals surface area contributed by atoms with Gasteiger partial charge >= 0.3 is 11.9 Å². The molecule has 0 spiro atoms. The number of carbonyl (C=O) groups is 2. The highest BCUT2D eigenvalue weighted by Crippen LogP contribution is 2.25. The van der Waals surface area contributed by atoms with E-state index in [2.05, 4.69) is 4.74 Å². The molecule has 2 unspecified atom stereocenters. The van der Waals surface area contributed by atoms with Crippen molar-refractivity contribution in [1.29, 1.82) is 0 Å². The molecule has 1 aliphatic rings. The molecule has 0 aromatic heterocycles. The average molecular weight is 266 g/mol. The minimum absolute atomic E-state index is 0.122. The van der Waals surface area contributed by atoms with Crippen molar-refractivity contribution in [3.05, 3.63) is 29.8 Å². The maximum atomic E-state index is 11.6. The zero-order valence-corrected chi connectivity index (χ0v) is 10.6. The van der Waals surface area contributed by atoms with Gasteiger partial charge in [-0.15, -0.1) is 0 Å². The molecule has 0 bridgehead atoms. The molecule has 0 aliphatic carbocycles. The zero-order chi connectivity index (χ0) is 13.8. The maximum Gasteiger partial charge on any atom is 0.339 e. The number of hydrogen-bond donors (Lipinski definition) is 0. The molecule has 19 heavy (non-hydrogen) atoms. The van der Waals surface area contributed by atoms with E-state index in [0.717, 1.165) is 11.3 Å². The Morgan fingerprint density at radius 2 is 1.74 bits per heavy atom. The third kappa shape index (κ3) is 3.23. The van der Waals surface area contributed by atoms with Crippen LogP contribution in [-0.4, -0.2) is 38.4 Å². The van der Waals surface area contributed by atoms with Crippen molar-refractivity contribution < 1.29 is 28.5 Å². The van der Waals surface area contributed by atoms with Crippen LogP contribution < -0.4 is 4.74 Å². The van der Waals surface area contributed by atoms with Gasteiger partial charge in [0.25, 0.3) is 0 Å². The quantitative estimate of drug-likeness (QED) is 0.576. The van der Waals surface area contributed by atoms with Crippen molar-refractivity contribution in [2.75, 3.05) is 14.2 Å². The molecule has 6 nitrogen and oxygen atoms in total. The molecule has 0 radical (unpaired) electrons. The first-order valence-electron chi connectivity index (χ1n) is 5.68. The maximum absolute atomic E-state index is 11.6. The van der Waals surface area contributed by atoms with Gasteiger partial charge in [-0.3, -0.25) is 0 Å². The van der Waals surface area contributed by atoms with Crippen LogP contribution in [0.3, 0.4) is 0 Å². The van der Waals surface area contributed by atoms with Crippen molar-refractivity contribution in [3.8, 4) is 5.75 Å². The number of ether oxygens (including phenoxy) is 4. The lowest BCUT2D eigenvalue weighted by atomic mass is 10.2. The van der Waals surface area contributed by atoms with Gasteiger partial charge in [-0.25, -0.2) is 9.59 Å². The Morgan fingerprint density at radius 3 is 2.32 bits per heavy atom. The first kappa shape index (κ1) is 13.4. The summed E-state index contributed by atoms with van der Waals surface area (Å²) in [5, 5.41) is 0. The topological polar surface area (TPSA) is 74.4 Å². The minimum Gasteiger partial charge on any atom is -0.497 e. The molecular formula is C13H14O6. The summed E-state index contributed by atoms with van der Waals surface area (Å²) in [6.07, 6.45) is -1.67. The lowest BCUT2D eigenvalue weighted by molar-refractivity contribution is -0.147. The molecule has 102 valence electrons. The standard InChI is InChI=1S/C13H14O6/c1-16-9-5-3-8(4-6-9)7-18-13(15)11-10(19-11)12(14)17-2/h3-6,10-11H,7H2,1-2H3. The van der Waals surface area contributed by atoms with Crippen LogP contribution in [0.5, 0.6) is 5.75 Å². The average Bonchev–Trinajstić information content (AvgIpc) is 3.25. The first-order valence-corrected chi connectivity index (χ1v) is 5.68. The molecule has 1 aromatic carbocycles. The van der Waals surface area contributed by atoms with Gasteiger partial charge in [-0.2, -0.15) is 0 Å². The second-order valence-electron chi connectivity index (χ2n) is 3.96. The molecular weight excluding hydrogens is 252 g/mol. The lowest BCUT2D eigenvalue weighted by Gasteiger charge is -2.04. The Labute approximate surface area is 110 Å². The van der Waals surface area contributed by atoms with Crippen LogP contribution in [0.15, 0.2) is 24.3 Å². The predicted molar refractivity (Wildman–Crippen MR) is 63.5 cm³/mol. The van der Waals surface area contributed by atoms with Gasteiger partial charge < -0.3 is 18.9 Å². The van der Waals surface area contributed by atoms with E-state index in [1.807, 2.05) is 0 Å². The zero-order valence-electron chi connectivity index (χ0n) is 10.6. The van der Waals surface area contributed by atoms with Crippen molar-refractivity contribution in [2.45, 2.75) is 18.8 Å². The number of hydrogen-bond acceptors (Lipinski definition) is 6. The number of benzene rings is 1. The third-order valence-electron chi connectivity index (χ3n) is 2.70. The van der Waals surface area contributed by atoms with Gasteiger partial charge in [0.05, 0.1) is 14.2 Å². The largest absolute Gasteiger partial charge is 0.497 e. The van der Waals surface area contributed by atoms with Crippen molar-refractivity contribution in [2.24, 2.45) is 0 Å². The van der Waals surface area contributed by atoms with Gasteiger partial charge in [-0.1, -0.05) is 12.1 Å². The van der Waals surface area contributed by atoms with Gasteiger partial charge in [0, 0.05) is 0 Å². The van der Waals surface area contributed by atoms with Crippen LogP contribution in [0.2, 0.25) is 0 Å². The van der Waals surface area contributed by atoms with Crippen molar-refractivity contribution in [3.63, 3.8) is 0 Å². The molecule has 1 saturated heterocycles. The van der Waals surface area contributed by atoms with Crippen LogP contribution in [0.25, 0.3) is 0 Å². The Balaban J connectivity index is 1.79.